The van der Waals surface area contributed by atoms with Gasteiger partial charge < -0.3 is 14.8 Å². The number of hydrogen-bond donors (Lipinski definition) is 1. The lowest BCUT2D eigenvalue weighted by Gasteiger charge is -2.38. The van der Waals surface area contributed by atoms with E-state index in [1.54, 1.807) is 11.8 Å². The van der Waals surface area contributed by atoms with Crippen LogP contribution in [-0.2, 0) is 4.79 Å². The van der Waals surface area contributed by atoms with Gasteiger partial charge in [-0.3, -0.25) is 4.79 Å². The molecule has 2 aromatic carbocycles. The fourth-order valence-corrected chi connectivity index (χ4v) is 5.02. The van der Waals surface area contributed by atoms with Gasteiger partial charge in [-0.05, 0) is 48.6 Å². The maximum Gasteiger partial charge on any atom is 0.226 e. The summed E-state index contributed by atoms with van der Waals surface area (Å²) in [5.74, 6) is 2.46. The number of aromatic nitrogens is 3. The van der Waals surface area contributed by atoms with E-state index in [9.17, 15) is 4.79 Å². The molecule has 0 saturated heterocycles. The normalized spacial score (nSPS) is 18.7. The second kappa shape index (κ2) is 8.47. The molecule has 1 aromatic heterocycles. The van der Waals surface area contributed by atoms with Crippen LogP contribution in [0, 0.1) is 5.41 Å². The topological polar surface area (TPSA) is 78.3 Å². The first-order chi connectivity index (χ1) is 16.3. The number of hydrogen-bond acceptors (Lipinski definition) is 6. The number of rotatable bonds is 5. The Morgan fingerprint density at radius 1 is 1.18 bits per heavy atom. The lowest BCUT2D eigenvalue weighted by atomic mass is 9.73. The van der Waals surface area contributed by atoms with Gasteiger partial charge in [0.25, 0.3) is 0 Å². The van der Waals surface area contributed by atoms with Crippen LogP contribution < -0.4 is 14.8 Å². The molecular formula is C26H27ClN4O3. The zero-order valence-electron chi connectivity index (χ0n) is 19.7. The van der Waals surface area contributed by atoms with Gasteiger partial charge in [0.1, 0.15) is 6.04 Å². The van der Waals surface area contributed by atoms with Crippen LogP contribution in [-0.4, -0.2) is 34.3 Å². The molecule has 3 aromatic rings. The van der Waals surface area contributed by atoms with Crippen LogP contribution in [0.1, 0.15) is 45.2 Å². The Labute approximate surface area is 203 Å². The van der Waals surface area contributed by atoms with Crippen molar-refractivity contribution in [1.82, 2.24) is 14.8 Å². The van der Waals surface area contributed by atoms with Gasteiger partial charge in [0, 0.05) is 23.3 Å². The number of ether oxygens (including phenoxy) is 2. The van der Waals surface area contributed by atoms with Crippen LogP contribution in [0.15, 0.2) is 53.7 Å². The summed E-state index contributed by atoms with van der Waals surface area (Å²) in [6.45, 7) is 6.68. The molecule has 5 rings (SSSR count). The summed E-state index contributed by atoms with van der Waals surface area (Å²) in [5.41, 5.74) is 3.08. The van der Waals surface area contributed by atoms with Crippen molar-refractivity contribution in [2.24, 2.45) is 5.41 Å². The van der Waals surface area contributed by atoms with Crippen molar-refractivity contribution >= 4 is 23.3 Å². The summed E-state index contributed by atoms with van der Waals surface area (Å²) in [6.07, 6.45) is 1.21. The Morgan fingerprint density at radius 2 is 1.97 bits per heavy atom. The van der Waals surface area contributed by atoms with Gasteiger partial charge in [0.2, 0.25) is 5.95 Å². The lowest BCUT2D eigenvalue weighted by Crippen LogP contribution is -2.36. The molecule has 1 aliphatic carbocycles. The Hall–Kier alpha value is -3.32. The minimum absolute atomic E-state index is 0.108. The van der Waals surface area contributed by atoms with E-state index in [2.05, 4.69) is 19.2 Å². The third kappa shape index (κ3) is 3.84. The molecule has 0 bridgehead atoms. The predicted octanol–water partition coefficient (Wildman–Crippen LogP) is 5.66. The van der Waals surface area contributed by atoms with E-state index in [1.165, 1.54) is 0 Å². The SMILES string of the molecule is CCOc1ccc(C2C3=C(CC(C)(C)CC3=O)Nc3nc(-c4ccccc4Cl)nn32)cc1OC. The summed E-state index contributed by atoms with van der Waals surface area (Å²) < 4.78 is 13.1. The molecule has 1 atom stereocenters. The fourth-order valence-electron chi connectivity index (χ4n) is 4.80. The van der Waals surface area contributed by atoms with Gasteiger partial charge in [0.05, 0.1) is 18.7 Å². The number of ketones is 1. The largest absolute Gasteiger partial charge is 0.493 e. The first kappa shape index (κ1) is 22.5. The Balaban J connectivity index is 1.69. The van der Waals surface area contributed by atoms with Gasteiger partial charge in [-0.25, -0.2) is 4.68 Å². The molecule has 1 unspecified atom stereocenters. The van der Waals surface area contributed by atoms with Crippen LogP contribution >= 0.6 is 11.6 Å². The fraction of sp³-hybridized carbons (Fsp3) is 0.346. The quantitative estimate of drug-likeness (QED) is 0.509. The highest BCUT2D eigenvalue weighted by atomic mass is 35.5. The van der Waals surface area contributed by atoms with Gasteiger partial charge >= 0.3 is 0 Å². The third-order valence-electron chi connectivity index (χ3n) is 6.25. The van der Waals surface area contributed by atoms with Gasteiger partial charge in [-0.15, -0.1) is 5.10 Å². The van der Waals surface area contributed by atoms with E-state index in [4.69, 9.17) is 31.2 Å². The predicted molar refractivity (Wildman–Crippen MR) is 131 cm³/mol. The van der Waals surface area contributed by atoms with Gasteiger partial charge in [-0.2, -0.15) is 4.98 Å². The van der Waals surface area contributed by atoms with E-state index < -0.39 is 6.04 Å². The number of nitrogens with zero attached hydrogens (tertiary/aromatic N) is 3. The zero-order valence-corrected chi connectivity index (χ0v) is 20.4. The van der Waals surface area contributed by atoms with E-state index >= 15 is 0 Å². The van der Waals surface area contributed by atoms with E-state index in [-0.39, 0.29) is 11.2 Å². The minimum Gasteiger partial charge on any atom is -0.493 e. The Kier molecular flexibility index (Phi) is 5.60. The molecular weight excluding hydrogens is 452 g/mol. The van der Waals surface area contributed by atoms with Crippen molar-refractivity contribution in [3.63, 3.8) is 0 Å². The van der Waals surface area contributed by atoms with Crippen molar-refractivity contribution in [1.29, 1.82) is 0 Å². The van der Waals surface area contributed by atoms with Crippen molar-refractivity contribution < 1.29 is 14.3 Å². The second-order valence-electron chi connectivity index (χ2n) is 9.39. The smallest absolute Gasteiger partial charge is 0.226 e. The third-order valence-corrected chi connectivity index (χ3v) is 6.58. The highest BCUT2D eigenvalue weighted by Gasteiger charge is 2.42. The maximum absolute atomic E-state index is 13.5. The highest BCUT2D eigenvalue weighted by Crippen LogP contribution is 2.46. The first-order valence-electron chi connectivity index (χ1n) is 11.4. The molecule has 176 valence electrons. The Morgan fingerprint density at radius 3 is 2.71 bits per heavy atom. The standard InChI is InChI=1S/C26H27ClN4O3/c1-5-34-20-11-10-15(12-21(20)33-4)23-22-18(13-26(2,3)14-19(22)32)28-25-29-24(30-31(23)25)16-8-6-7-9-17(16)27/h6-12,23H,5,13-14H2,1-4H3,(H,28,29,30). The second-order valence-corrected chi connectivity index (χ2v) is 9.79. The molecule has 1 N–H and O–H groups in total. The average Bonchev–Trinajstić information content (AvgIpc) is 3.21. The number of fused-ring (bicyclic) bond motifs is 1. The summed E-state index contributed by atoms with van der Waals surface area (Å²) in [5, 5.41) is 8.79. The van der Waals surface area contributed by atoms with Crippen LogP contribution in [0.25, 0.3) is 11.4 Å². The summed E-state index contributed by atoms with van der Waals surface area (Å²) in [4.78, 5) is 18.2. The van der Waals surface area contributed by atoms with Crippen molar-refractivity contribution in [3.8, 4) is 22.9 Å². The number of methoxy groups -OCH3 is 1. The lowest BCUT2D eigenvalue weighted by molar-refractivity contribution is -0.118. The molecule has 0 fully saturated rings. The monoisotopic (exact) mass is 478 g/mol. The van der Waals surface area contributed by atoms with Crippen molar-refractivity contribution in [3.05, 3.63) is 64.3 Å². The van der Waals surface area contributed by atoms with Crippen molar-refractivity contribution in [2.75, 3.05) is 19.0 Å². The summed E-state index contributed by atoms with van der Waals surface area (Å²) in [7, 11) is 1.61. The molecule has 0 radical (unpaired) electrons. The van der Waals surface area contributed by atoms with E-state index in [1.807, 2.05) is 49.4 Å². The zero-order chi connectivity index (χ0) is 24.0. The van der Waals surface area contributed by atoms with Crippen LogP contribution in [0.3, 0.4) is 0 Å². The highest BCUT2D eigenvalue weighted by molar-refractivity contribution is 6.33. The number of nitrogens with one attached hydrogen (secondary N) is 1. The molecule has 1 aliphatic heterocycles. The summed E-state index contributed by atoms with van der Waals surface area (Å²) >= 11 is 6.44. The molecule has 7 nitrogen and oxygen atoms in total. The number of allylic oxidation sites excluding steroid dienone is 2. The number of Topliss-reactive ketones (excluding diaryl/α,β-unsaturated/α-hetero) is 1. The number of benzene rings is 2. The number of anilines is 1. The van der Waals surface area contributed by atoms with Crippen LogP contribution in [0.4, 0.5) is 5.95 Å². The number of halogens is 1. The van der Waals surface area contributed by atoms with E-state index in [0.717, 1.165) is 23.2 Å². The minimum atomic E-state index is -0.442. The molecule has 34 heavy (non-hydrogen) atoms. The molecule has 0 saturated carbocycles. The van der Waals surface area contributed by atoms with E-state index in [0.29, 0.717) is 46.9 Å². The molecule has 0 amide bonds. The Bertz CT molecular complexity index is 1310. The molecule has 2 heterocycles. The maximum atomic E-state index is 13.5. The molecule has 2 aliphatic rings. The molecule has 0 spiro atoms. The van der Waals surface area contributed by atoms with Gasteiger partial charge in [-0.1, -0.05) is 43.6 Å². The van der Waals surface area contributed by atoms with Crippen molar-refractivity contribution in [2.45, 2.75) is 39.7 Å². The van der Waals surface area contributed by atoms with Crippen LogP contribution in [0.5, 0.6) is 11.5 Å². The molecule has 8 heteroatoms. The number of carbonyl (C=O) groups excluding carboxylic acids is 1. The number of carbonyl (C=O) groups is 1. The average molecular weight is 479 g/mol. The van der Waals surface area contributed by atoms with Crippen LogP contribution in [0.2, 0.25) is 5.02 Å². The van der Waals surface area contributed by atoms with Gasteiger partial charge in [0.15, 0.2) is 23.1 Å². The first-order valence-corrected chi connectivity index (χ1v) is 11.7. The summed E-state index contributed by atoms with van der Waals surface area (Å²) in [6, 6.07) is 12.8.